The Kier molecular flexibility index (Phi) is 32.6. The first-order chi connectivity index (χ1) is 52.5. The quantitative estimate of drug-likeness (QED) is 0.0487. The molecule has 4 heterocycles. The number of ether oxygens (including phenoxy) is 6. The predicted octanol–water partition coefficient (Wildman–Crippen LogP) is 9.64. The van der Waals surface area contributed by atoms with Gasteiger partial charge in [-0.05, 0) is 206 Å². The van der Waals surface area contributed by atoms with Gasteiger partial charge >= 0.3 is 12.4 Å². The molecular weight excluding hydrogens is 1490 g/mol. The third kappa shape index (κ3) is 23.2. The second-order valence-corrected chi connectivity index (χ2v) is 35.6. The number of sulfonamides is 1. The fourth-order valence-corrected chi connectivity index (χ4v) is 20.8. The lowest BCUT2D eigenvalue weighted by atomic mass is 9.49. The Morgan fingerprint density at radius 2 is 0.955 bits per heavy atom. The van der Waals surface area contributed by atoms with E-state index in [1.54, 1.807) is 0 Å². The second-order valence-electron chi connectivity index (χ2n) is 33.9. The topological polar surface area (TPSA) is 405 Å². The number of nitrogens with one attached hydrogen (secondary N) is 1. The molecule has 17 rings (SSSR count). The first-order valence-corrected chi connectivity index (χ1v) is 42.4. The number of rotatable bonds is 18. The standard InChI is InChI=1S/C18H28O6.C15H10F6O2.C12H19NO3S.C12H26O2.C11H15N.C6H12O6.C6H12O3/c19-13-14(12-11-20-17(22-12)7-3-1-4-8-17)21-16-15(13)23-18(24-16)9-5-2-6-10-18;16-14(17,18)13(15(19,20)21,9-1-5-11(22)6-2-9)10-3-7-12(23)8-4-10;1-17(15,16)13-11(14)12-5-8-2-9(6-12)4-10(3-8)7-12;13-11-9-7-5-3-1-2-4-6-8-10-12-14;12-7-11-4-8-1-9(5-11)3-10(2-8)6-11;7-1-2(8)5-3(9)4(10)6(11)12-5;7-4-2-1-3-5(8)6(4)9/h12-16,19H,1-11H2;1-8,22-23H;8-10H,2-7H2,1H3,(H,13,14);13-14H,1-12H2;8-10H,1-6H2;2-11H,1H2;4-9H,1-3H2. The lowest BCUT2D eigenvalue weighted by Crippen LogP contribution is -2.54. The summed E-state index contributed by atoms with van der Waals surface area (Å²) in [5, 5.41) is 127. The molecule has 2 aromatic carbocycles. The molecule has 15 aliphatic rings. The van der Waals surface area contributed by atoms with E-state index < -0.39 is 142 Å². The van der Waals surface area contributed by atoms with E-state index >= 15 is 0 Å². The molecule has 15 fully saturated rings. The number of amides is 1. The molecule has 11 saturated carbocycles. The zero-order valence-electron chi connectivity index (χ0n) is 63.8. The molecule has 0 aromatic heterocycles. The van der Waals surface area contributed by atoms with E-state index in [0.29, 0.717) is 74.7 Å². The van der Waals surface area contributed by atoms with E-state index in [9.17, 15) is 49.9 Å². The fraction of sp³-hybridized carbons (Fsp3) is 0.825. The summed E-state index contributed by atoms with van der Waals surface area (Å²) in [6.45, 7) is 0.579. The first-order valence-electron chi connectivity index (χ1n) is 40.5. The SMILES string of the molecule is CS(=O)(=O)NC(=O)C12CC3CC(CC(C3)C1)C2.N#CC12CC3CC(CC(C3)C1)C2.OC1C(C2COC3(CCCCC3)O2)OC2OC3(CCCCC3)OC21.OC1CCCC(O)C1O.OCC(O)C1OC(O)C(O)C1O.OCCCCCCCCCCCCO.Oc1ccc(C(c2ccc(O)cc2)(C(F)(F)F)C(F)(F)F)cc1. The normalized spacial score (nSPS) is 35.3. The van der Waals surface area contributed by atoms with E-state index in [4.69, 9.17) is 85.0 Å². The van der Waals surface area contributed by atoms with Crippen LogP contribution in [0.1, 0.15) is 236 Å². The van der Waals surface area contributed by atoms with Crippen LogP contribution >= 0.6 is 0 Å². The minimum atomic E-state index is -5.70. The van der Waals surface area contributed by atoms with Crippen LogP contribution in [0.5, 0.6) is 11.5 Å². The van der Waals surface area contributed by atoms with E-state index in [2.05, 4.69) is 15.5 Å². The highest BCUT2D eigenvalue weighted by Gasteiger charge is 2.73. The number of nitrogens with zero attached hydrogens (tertiary/aromatic N) is 1. The van der Waals surface area contributed by atoms with Crippen molar-refractivity contribution in [3.8, 4) is 17.6 Å². The van der Waals surface area contributed by atoms with Crippen molar-refractivity contribution < 1.29 is 134 Å². The number of unbranched alkanes of at least 4 members (excludes halogenated alkanes) is 9. The van der Waals surface area contributed by atoms with Crippen molar-refractivity contribution >= 4 is 15.9 Å². The van der Waals surface area contributed by atoms with Crippen molar-refractivity contribution in [2.24, 2.45) is 46.3 Å². The van der Waals surface area contributed by atoms with Crippen molar-refractivity contribution in [3.63, 3.8) is 0 Å². The summed E-state index contributed by atoms with van der Waals surface area (Å²) in [6, 6.07) is 7.91. The summed E-state index contributed by atoms with van der Waals surface area (Å²) in [6.07, 6.45) is 17.6. The van der Waals surface area contributed by atoms with Gasteiger partial charge in [-0.25, -0.2) is 8.42 Å². The summed E-state index contributed by atoms with van der Waals surface area (Å²) in [4.78, 5) is 12.2. The van der Waals surface area contributed by atoms with Crippen LogP contribution in [-0.2, 0) is 48.7 Å². The molecule has 2 spiro atoms. The number of hydrogen-bond acceptors (Lipinski definition) is 23. The molecule has 8 bridgehead atoms. The van der Waals surface area contributed by atoms with Crippen LogP contribution in [0.15, 0.2) is 48.5 Å². The van der Waals surface area contributed by atoms with Crippen molar-refractivity contribution in [3.05, 3.63) is 59.7 Å². The Hall–Kier alpha value is -4.15. The lowest BCUT2D eigenvalue weighted by molar-refractivity contribution is -0.288. The predicted molar refractivity (Wildman–Crippen MR) is 390 cm³/mol. The molecule has 24 nitrogen and oxygen atoms in total. The van der Waals surface area contributed by atoms with Gasteiger partial charge in [-0.15, -0.1) is 0 Å². The number of halogens is 6. The Labute approximate surface area is 647 Å². The van der Waals surface area contributed by atoms with Gasteiger partial charge in [0.2, 0.25) is 21.3 Å². The molecule has 11 aliphatic carbocycles. The maximum Gasteiger partial charge on any atom is 0.411 e. The Morgan fingerprint density at radius 3 is 1.32 bits per heavy atom. The number of aliphatic hydroxyl groups excluding tert-OH is 11. The third-order valence-electron chi connectivity index (χ3n) is 25.1. The molecule has 4 aliphatic heterocycles. The van der Waals surface area contributed by atoms with E-state index in [1.807, 2.05) is 0 Å². The number of alkyl halides is 6. The number of carbonyl (C=O) groups is 1. The summed E-state index contributed by atoms with van der Waals surface area (Å²) >= 11 is 0. The number of aromatic hydroxyl groups is 2. The average molecular weight is 1610 g/mol. The number of fused-ring (bicyclic) bond motifs is 1. The maximum absolute atomic E-state index is 13.6. The molecule has 632 valence electrons. The van der Waals surface area contributed by atoms with Crippen molar-refractivity contribution in [1.29, 1.82) is 5.26 Å². The van der Waals surface area contributed by atoms with Crippen LogP contribution in [0.4, 0.5) is 26.3 Å². The molecule has 12 atom stereocenters. The van der Waals surface area contributed by atoms with Crippen LogP contribution in [0.3, 0.4) is 0 Å². The van der Waals surface area contributed by atoms with Gasteiger partial charge in [-0.1, -0.05) is 88.5 Å². The van der Waals surface area contributed by atoms with Crippen LogP contribution in [-0.4, -0.2) is 217 Å². The Balaban J connectivity index is 0.000000153. The van der Waals surface area contributed by atoms with Crippen LogP contribution in [0.25, 0.3) is 0 Å². The summed E-state index contributed by atoms with van der Waals surface area (Å²) < 4.78 is 141. The number of phenols is 2. The molecule has 111 heavy (non-hydrogen) atoms. The molecule has 31 heteroatoms. The van der Waals surface area contributed by atoms with Crippen molar-refractivity contribution in [2.75, 3.05) is 32.7 Å². The van der Waals surface area contributed by atoms with Gasteiger partial charge in [0.15, 0.2) is 24.2 Å². The monoisotopic (exact) mass is 1610 g/mol. The molecule has 12 unspecified atom stereocenters. The highest BCUT2D eigenvalue weighted by atomic mass is 32.2. The van der Waals surface area contributed by atoms with Gasteiger partial charge in [-0.2, -0.15) is 31.6 Å². The number of benzene rings is 2. The number of hydrogen-bond donors (Lipinski definition) is 14. The molecular formula is C80H122F6N2O22S. The van der Waals surface area contributed by atoms with Crippen LogP contribution in [0, 0.1) is 57.7 Å². The summed E-state index contributed by atoms with van der Waals surface area (Å²) in [7, 11) is -3.42. The largest absolute Gasteiger partial charge is 0.508 e. The number of nitriles is 1. The summed E-state index contributed by atoms with van der Waals surface area (Å²) in [5.41, 5.74) is -6.66. The van der Waals surface area contributed by atoms with Gasteiger partial charge in [0, 0.05) is 38.9 Å². The third-order valence-corrected chi connectivity index (χ3v) is 25.7. The van der Waals surface area contributed by atoms with E-state index in [-0.39, 0.29) is 22.8 Å². The van der Waals surface area contributed by atoms with Crippen molar-refractivity contribution in [2.45, 2.75) is 334 Å². The number of aliphatic hydroxyl groups is 11. The molecule has 14 N–H and O–H groups in total. The van der Waals surface area contributed by atoms with Gasteiger partial charge in [0.05, 0.1) is 48.6 Å². The average Bonchev–Trinajstić information content (AvgIpc) is 1.60. The lowest BCUT2D eigenvalue weighted by Gasteiger charge is -2.55. The smallest absolute Gasteiger partial charge is 0.411 e. The molecule has 4 saturated heterocycles. The fourth-order valence-electron chi connectivity index (χ4n) is 20.3. The van der Waals surface area contributed by atoms with Gasteiger partial charge in [-0.3, -0.25) is 9.52 Å². The van der Waals surface area contributed by atoms with E-state index in [1.165, 1.54) is 122 Å². The zero-order valence-corrected chi connectivity index (χ0v) is 64.6. The van der Waals surface area contributed by atoms with Gasteiger partial charge < -0.3 is 94.8 Å². The van der Waals surface area contributed by atoms with Gasteiger partial charge in [0.1, 0.15) is 66.4 Å². The van der Waals surface area contributed by atoms with Crippen LogP contribution in [0.2, 0.25) is 0 Å². The van der Waals surface area contributed by atoms with Crippen LogP contribution < -0.4 is 4.72 Å². The zero-order chi connectivity index (χ0) is 80.7. The second kappa shape index (κ2) is 39.9. The van der Waals surface area contributed by atoms with E-state index in [0.717, 1.165) is 138 Å². The van der Waals surface area contributed by atoms with Gasteiger partial charge in [0.25, 0.3) is 0 Å². The van der Waals surface area contributed by atoms with Crippen molar-refractivity contribution in [1.82, 2.24) is 4.72 Å². The highest BCUT2D eigenvalue weighted by molar-refractivity contribution is 7.89. The Bertz CT molecular complexity index is 3170. The maximum atomic E-state index is 13.6. The molecule has 0 radical (unpaired) electrons. The molecule has 2 aromatic rings. The number of phenolic OH excluding ortho intramolecular Hbond substituents is 2. The first kappa shape index (κ1) is 90.8. The minimum Gasteiger partial charge on any atom is -0.508 e. The molecule has 1 amide bonds. The minimum absolute atomic E-state index is 0.148. The summed E-state index contributed by atoms with van der Waals surface area (Å²) in [5.74, 6) is 2.62. The Morgan fingerprint density at radius 1 is 0.541 bits per heavy atom. The number of carbonyl (C=O) groups excluding carboxylic acids is 1. The highest BCUT2D eigenvalue weighted by Crippen LogP contribution is 2.62.